The van der Waals surface area contributed by atoms with Gasteiger partial charge in [0.15, 0.2) is 10.7 Å². The van der Waals surface area contributed by atoms with Crippen molar-refractivity contribution in [1.29, 1.82) is 0 Å². The van der Waals surface area contributed by atoms with Crippen LogP contribution in [0.25, 0.3) is 0 Å². The van der Waals surface area contributed by atoms with Crippen LogP contribution < -0.4 is 0 Å². The van der Waals surface area contributed by atoms with Crippen molar-refractivity contribution in [2.24, 2.45) is 0 Å². The molecule has 2 amide bonds. The van der Waals surface area contributed by atoms with Crippen LogP contribution in [-0.2, 0) is 48.0 Å². The lowest BCUT2D eigenvalue weighted by Crippen LogP contribution is -2.50. The van der Waals surface area contributed by atoms with Crippen molar-refractivity contribution < 1.29 is 9.59 Å². The standard InChI is InChI=1S/C6H8N2O2S4/c1-7-3(9)6-8(2)4(10)5(7)14(6)13-12-11/h5-6H,1-2H3. The molecular formula is C6H8N2O2S4. The molecule has 0 saturated carbocycles. The molecule has 2 aliphatic heterocycles. The molecule has 14 heavy (non-hydrogen) atoms. The summed E-state index contributed by atoms with van der Waals surface area (Å²) in [6.45, 7) is 0. The van der Waals surface area contributed by atoms with E-state index >= 15 is 0 Å². The van der Waals surface area contributed by atoms with Crippen LogP contribution in [0.3, 0.4) is 0 Å². The molecule has 4 nitrogen and oxygen atoms in total. The first-order valence-electron chi connectivity index (χ1n) is 3.82. The number of hydrogen-bond acceptors (Lipinski definition) is 3. The Hall–Kier alpha value is -0.0500. The second-order valence-electron chi connectivity index (χ2n) is 3.07. The number of amides is 2. The van der Waals surface area contributed by atoms with Gasteiger partial charge in [0.25, 0.3) is 11.8 Å². The molecule has 0 aromatic heterocycles. The molecule has 0 N–H and O–H groups in total. The molecule has 2 atom stereocenters. The molecule has 2 unspecified atom stereocenters. The third kappa shape index (κ3) is 1.17. The SMILES string of the molecule is CN1C(=O)C2N(C)C(=O)C1S2=S=S=S. The Labute approximate surface area is 94.3 Å². The minimum atomic E-state index is -0.298. The highest BCUT2D eigenvalue weighted by Crippen LogP contribution is 2.31. The van der Waals surface area contributed by atoms with E-state index in [1.807, 2.05) is 0 Å². The summed E-state index contributed by atoms with van der Waals surface area (Å²) in [4.78, 5) is 26.5. The summed E-state index contributed by atoms with van der Waals surface area (Å²) in [5.74, 6) is 0.0777. The van der Waals surface area contributed by atoms with E-state index in [1.165, 1.54) is 17.8 Å². The van der Waals surface area contributed by atoms with Crippen LogP contribution in [0.15, 0.2) is 0 Å². The first-order chi connectivity index (χ1) is 6.59. The topological polar surface area (TPSA) is 40.6 Å². The van der Waals surface area contributed by atoms with Gasteiger partial charge < -0.3 is 9.80 Å². The zero-order valence-corrected chi connectivity index (χ0v) is 10.8. The van der Waals surface area contributed by atoms with Gasteiger partial charge in [0.05, 0.1) is 0 Å². The van der Waals surface area contributed by atoms with E-state index in [0.29, 0.717) is 0 Å². The van der Waals surface area contributed by atoms with Crippen LogP contribution in [0.4, 0.5) is 0 Å². The fourth-order valence-electron chi connectivity index (χ4n) is 1.65. The molecule has 2 aliphatic rings. The number of carbonyl (C=O) groups is 2. The Morgan fingerprint density at radius 2 is 1.64 bits per heavy atom. The predicted molar refractivity (Wildman–Crippen MR) is 62.6 cm³/mol. The maximum absolute atomic E-state index is 11.7. The van der Waals surface area contributed by atoms with Gasteiger partial charge in [0, 0.05) is 14.1 Å². The summed E-state index contributed by atoms with van der Waals surface area (Å²) >= 11 is 4.80. The van der Waals surface area contributed by atoms with E-state index in [-0.39, 0.29) is 32.0 Å². The fourth-order valence-corrected chi connectivity index (χ4v) is 9.22. The number of fused-ring (bicyclic) bond motifs is 2. The Balaban J connectivity index is 2.62. The number of nitrogens with zero attached hydrogens (tertiary/aromatic N) is 2. The number of piperazine rings is 1. The van der Waals surface area contributed by atoms with E-state index in [0.717, 1.165) is 0 Å². The van der Waals surface area contributed by atoms with E-state index < -0.39 is 0 Å². The fraction of sp³-hybridized carbons (Fsp3) is 0.667. The van der Waals surface area contributed by atoms with Gasteiger partial charge in [0.1, 0.15) is 0 Å². The van der Waals surface area contributed by atoms with Crippen molar-refractivity contribution >= 4 is 50.2 Å². The van der Waals surface area contributed by atoms with Crippen molar-refractivity contribution in [2.75, 3.05) is 14.1 Å². The molecule has 2 heterocycles. The van der Waals surface area contributed by atoms with Gasteiger partial charge in [-0.2, -0.15) is 0 Å². The summed E-state index contributed by atoms with van der Waals surface area (Å²) in [5.41, 5.74) is 0. The highest BCUT2D eigenvalue weighted by molar-refractivity contribution is 8.58. The van der Waals surface area contributed by atoms with Gasteiger partial charge in [-0.1, -0.05) is 9.45 Å². The maximum atomic E-state index is 11.7. The van der Waals surface area contributed by atoms with Crippen molar-refractivity contribution in [3.05, 3.63) is 0 Å². The van der Waals surface area contributed by atoms with Gasteiger partial charge in [-0.05, 0) is 28.9 Å². The van der Waals surface area contributed by atoms with E-state index in [4.69, 9.17) is 11.2 Å². The molecule has 0 aliphatic carbocycles. The first kappa shape index (κ1) is 10.5. The maximum Gasteiger partial charge on any atom is 0.257 e. The summed E-state index contributed by atoms with van der Waals surface area (Å²) in [6, 6.07) is 0. The molecule has 0 aromatic carbocycles. The lowest BCUT2D eigenvalue weighted by molar-refractivity contribution is -0.147. The minimum absolute atomic E-state index is 0.0389. The Kier molecular flexibility index (Phi) is 2.63. The number of hydrogen-bond donors (Lipinski definition) is 0. The normalized spacial score (nSPS) is 35.4. The zero-order chi connectivity index (χ0) is 10.5. The lowest BCUT2D eigenvalue weighted by Gasteiger charge is -2.26. The van der Waals surface area contributed by atoms with Crippen LogP contribution in [0.2, 0.25) is 0 Å². The van der Waals surface area contributed by atoms with E-state index in [2.05, 4.69) is 0 Å². The molecular weight excluding hydrogens is 260 g/mol. The molecule has 2 fully saturated rings. The van der Waals surface area contributed by atoms with Crippen LogP contribution in [0, 0.1) is 0 Å². The summed E-state index contributed by atoms with van der Waals surface area (Å²) in [5, 5.41) is -0.559. The van der Waals surface area contributed by atoms with Gasteiger partial charge >= 0.3 is 0 Å². The Bertz CT molecular complexity index is 396. The van der Waals surface area contributed by atoms with Crippen LogP contribution >= 0.6 is 0 Å². The van der Waals surface area contributed by atoms with Crippen molar-refractivity contribution in [3.63, 3.8) is 0 Å². The second-order valence-corrected chi connectivity index (χ2v) is 9.31. The first-order valence-corrected chi connectivity index (χ1v) is 8.76. The van der Waals surface area contributed by atoms with Crippen molar-refractivity contribution in [2.45, 2.75) is 10.7 Å². The van der Waals surface area contributed by atoms with Crippen molar-refractivity contribution in [3.8, 4) is 0 Å². The van der Waals surface area contributed by atoms with E-state index in [9.17, 15) is 9.59 Å². The average molecular weight is 268 g/mol. The average Bonchev–Trinajstić information content (AvgIpc) is 2.51. The number of carbonyl (C=O) groups excluding carboxylic acids is 2. The lowest BCUT2D eigenvalue weighted by atomic mass is 10.3. The summed E-state index contributed by atoms with van der Waals surface area (Å²) in [7, 11) is 5.75. The van der Waals surface area contributed by atoms with Gasteiger partial charge in [0.2, 0.25) is 0 Å². The molecule has 0 spiro atoms. The quantitative estimate of drug-likeness (QED) is 0.546. The molecule has 2 rings (SSSR count). The smallest absolute Gasteiger partial charge is 0.257 e. The molecule has 0 aromatic rings. The number of rotatable bonds is 0. The van der Waals surface area contributed by atoms with Gasteiger partial charge in [-0.3, -0.25) is 9.59 Å². The Morgan fingerprint density at radius 3 is 2.00 bits per heavy atom. The molecule has 78 valence electrons. The predicted octanol–water partition coefficient (Wildman–Crippen LogP) is -1.34. The van der Waals surface area contributed by atoms with E-state index in [1.54, 1.807) is 23.9 Å². The summed E-state index contributed by atoms with van der Waals surface area (Å²) < 4.78 is 0. The molecule has 8 heteroatoms. The third-order valence-electron chi connectivity index (χ3n) is 2.37. The van der Waals surface area contributed by atoms with Gasteiger partial charge in [-0.25, -0.2) is 0 Å². The Morgan fingerprint density at radius 1 is 1.21 bits per heavy atom. The number of likely N-dealkylation sites (N-methyl/N-ethyl adjacent to an activating group) is 2. The van der Waals surface area contributed by atoms with Crippen molar-refractivity contribution in [1.82, 2.24) is 9.80 Å². The minimum Gasteiger partial charge on any atom is -0.322 e. The summed E-state index contributed by atoms with van der Waals surface area (Å²) in [6.07, 6.45) is 0. The van der Waals surface area contributed by atoms with Crippen LogP contribution in [0.5, 0.6) is 0 Å². The monoisotopic (exact) mass is 268 g/mol. The zero-order valence-electron chi connectivity index (χ0n) is 7.50. The highest BCUT2D eigenvalue weighted by Gasteiger charge is 2.56. The molecule has 0 radical (unpaired) electrons. The third-order valence-corrected chi connectivity index (χ3v) is 9.64. The van der Waals surface area contributed by atoms with Crippen LogP contribution in [-0.4, -0.2) is 46.5 Å². The van der Waals surface area contributed by atoms with Gasteiger partial charge in [-0.15, -0.1) is 0 Å². The largest absolute Gasteiger partial charge is 0.322 e. The highest BCUT2D eigenvalue weighted by atomic mass is 33.2. The second kappa shape index (κ2) is 3.51. The van der Waals surface area contributed by atoms with Crippen LogP contribution in [0.1, 0.15) is 0 Å². The molecule has 2 saturated heterocycles. The molecule has 2 bridgehead atoms.